The van der Waals surface area contributed by atoms with Crippen LogP contribution in [0.1, 0.15) is 11.7 Å². The van der Waals surface area contributed by atoms with Crippen molar-refractivity contribution in [2.75, 3.05) is 13.1 Å². The van der Waals surface area contributed by atoms with E-state index in [0.29, 0.717) is 18.7 Å². The number of hydrogen-bond acceptors (Lipinski definition) is 2. The summed E-state index contributed by atoms with van der Waals surface area (Å²) in [6.45, 7) is 4.67. The molecule has 0 heterocycles. The van der Waals surface area contributed by atoms with Crippen LogP contribution >= 0.6 is 15.9 Å². The second-order valence-corrected chi connectivity index (χ2v) is 4.34. The summed E-state index contributed by atoms with van der Waals surface area (Å²) in [6, 6.07) is 5.82. The first kappa shape index (κ1) is 12.4. The molecule has 2 nitrogen and oxygen atoms in total. The monoisotopic (exact) mass is 273 g/mol. The number of benzene rings is 1. The van der Waals surface area contributed by atoms with Crippen LogP contribution in [0.15, 0.2) is 35.3 Å². The molecule has 4 heteroatoms. The van der Waals surface area contributed by atoms with Gasteiger partial charge in [0.15, 0.2) is 0 Å². The van der Waals surface area contributed by atoms with E-state index in [4.69, 9.17) is 0 Å². The van der Waals surface area contributed by atoms with Crippen LogP contribution in [0.3, 0.4) is 0 Å². The van der Waals surface area contributed by atoms with Crippen LogP contribution in [-0.2, 0) is 0 Å². The minimum absolute atomic E-state index is 0.298. The highest BCUT2D eigenvalue weighted by molar-refractivity contribution is 9.11. The van der Waals surface area contributed by atoms with Gasteiger partial charge in [-0.05, 0) is 17.7 Å². The highest BCUT2D eigenvalue weighted by Gasteiger charge is 2.06. The van der Waals surface area contributed by atoms with Gasteiger partial charge in [0.25, 0.3) is 0 Å². The van der Waals surface area contributed by atoms with Gasteiger partial charge < -0.3 is 10.4 Å². The Kier molecular flexibility index (Phi) is 4.94. The van der Waals surface area contributed by atoms with Crippen molar-refractivity contribution < 1.29 is 9.50 Å². The van der Waals surface area contributed by atoms with Crippen molar-refractivity contribution in [3.8, 4) is 0 Å². The van der Waals surface area contributed by atoms with Crippen LogP contribution in [0, 0.1) is 5.82 Å². The lowest BCUT2D eigenvalue weighted by Crippen LogP contribution is -2.22. The molecule has 1 aromatic rings. The fraction of sp³-hybridized carbons (Fsp3) is 0.273. The summed E-state index contributed by atoms with van der Waals surface area (Å²) in [4.78, 5) is 0. The summed E-state index contributed by atoms with van der Waals surface area (Å²) in [5, 5.41) is 12.7. The van der Waals surface area contributed by atoms with E-state index in [2.05, 4.69) is 27.8 Å². The van der Waals surface area contributed by atoms with Crippen molar-refractivity contribution >= 4 is 15.9 Å². The summed E-state index contributed by atoms with van der Waals surface area (Å²) in [7, 11) is 0. The zero-order chi connectivity index (χ0) is 11.3. The minimum Gasteiger partial charge on any atom is -0.387 e. The van der Waals surface area contributed by atoms with E-state index in [0.717, 1.165) is 4.48 Å². The summed E-state index contributed by atoms with van der Waals surface area (Å²) < 4.78 is 13.4. The molecule has 2 N–H and O–H groups in total. The molecule has 0 fully saturated rings. The smallest absolute Gasteiger partial charge is 0.123 e. The molecule has 15 heavy (non-hydrogen) atoms. The average molecular weight is 274 g/mol. The van der Waals surface area contributed by atoms with Crippen molar-refractivity contribution in [2.24, 2.45) is 0 Å². The van der Waals surface area contributed by atoms with Gasteiger partial charge in [0.1, 0.15) is 5.82 Å². The fourth-order valence-corrected chi connectivity index (χ4v) is 1.35. The highest BCUT2D eigenvalue weighted by Crippen LogP contribution is 2.12. The normalized spacial score (nSPS) is 12.5. The Balaban J connectivity index is 2.43. The molecular formula is C11H13BrFNO. The zero-order valence-electron chi connectivity index (χ0n) is 8.21. The van der Waals surface area contributed by atoms with Gasteiger partial charge in [-0.25, -0.2) is 4.39 Å². The third-order valence-electron chi connectivity index (χ3n) is 1.91. The number of nitrogens with one attached hydrogen (secondary N) is 1. The topological polar surface area (TPSA) is 32.3 Å². The number of aliphatic hydroxyl groups excluding tert-OH is 1. The molecular weight excluding hydrogens is 261 g/mol. The van der Waals surface area contributed by atoms with Crippen LogP contribution in [0.4, 0.5) is 4.39 Å². The van der Waals surface area contributed by atoms with Crippen molar-refractivity contribution in [1.82, 2.24) is 5.32 Å². The molecule has 0 radical (unpaired) electrons. The van der Waals surface area contributed by atoms with Crippen LogP contribution in [0.5, 0.6) is 0 Å². The molecule has 82 valence electrons. The molecule has 1 atom stereocenters. The number of rotatable bonds is 5. The Hall–Kier alpha value is -0.710. The fourth-order valence-electron chi connectivity index (χ4n) is 1.15. The summed E-state index contributed by atoms with van der Waals surface area (Å²) in [5.41, 5.74) is 0.698. The Morgan fingerprint density at radius 3 is 2.60 bits per heavy atom. The van der Waals surface area contributed by atoms with E-state index < -0.39 is 6.10 Å². The summed E-state index contributed by atoms with van der Waals surface area (Å²) >= 11 is 3.20. The van der Waals surface area contributed by atoms with Crippen molar-refractivity contribution in [3.63, 3.8) is 0 Å². The third-order valence-corrected chi connectivity index (χ3v) is 2.19. The molecule has 0 saturated carbocycles. The Morgan fingerprint density at radius 2 is 2.07 bits per heavy atom. The van der Waals surface area contributed by atoms with E-state index in [-0.39, 0.29) is 5.82 Å². The van der Waals surface area contributed by atoms with E-state index in [1.165, 1.54) is 12.1 Å². The molecule has 0 aromatic heterocycles. The number of aliphatic hydroxyl groups is 1. The lowest BCUT2D eigenvalue weighted by Gasteiger charge is -2.11. The van der Waals surface area contributed by atoms with Gasteiger partial charge >= 0.3 is 0 Å². The molecule has 1 aromatic carbocycles. The maximum Gasteiger partial charge on any atom is 0.123 e. The average Bonchev–Trinajstić information content (AvgIpc) is 2.18. The number of halogens is 2. The minimum atomic E-state index is -0.627. The molecule has 0 saturated heterocycles. The van der Waals surface area contributed by atoms with Crippen molar-refractivity contribution in [2.45, 2.75) is 6.10 Å². The standard InChI is InChI=1S/C11H13BrFNO/c1-8(12)6-14-7-11(15)9-2-4-10(13)5-3-9/h2-5,11,14-15H,1,6-7H2. The van der Waals surface area contributed by atoms with Gasteiger partial charge in [0.2, 0.25) is 0 Å². The molecule has 0 amide bonds. The molecule has 0 aliphatic rings. The Bertz CT molecular complexity index is 326. The van der Waals surface area contributed by atoms with Gasteiger partial charge in [-0.1, -0.05) is 34.6 Å². The molecule has 0 bridgehead atoms. The van der Waals surface area contributed by atoms with Gasteiger partial charge in [-0.2, -0.15) is 0 Å². The SMILES string of the molecule is C=C(Br)CNCC(O)c1ccc(F)cc1. The first-order valence-electron chi connectivity index (χ1n) is 4.57. The second kappa shape index (κ2) is 6.00. The molecule has 1 rings (SSSR count). The largest absolute Gasteiger partial charge is 0.387 e. The molecule has 0 spiro atoms. The van der Waals surface area contributed by atoms with Gasteiger partial charge in [-0.15, -0.1) is 0 Å². The Labute approximate surface area is 96.9 Å². The molecule has 0 aliphatic carbocycles. The molecule has 1 unspecified atom stereocenters. The first-order chi connectivity index (χ1) is 7.09. The van der Waals surface area contributed by atoms with Crippen molar-refractivity contribution in [3.05, 3.63) is 46.7 Å². The van der Waals surface area contributed by atoms with E-state index in [1.54, 1.807) is 12.1 Å². The summed E-state index contributed by atoms with van der Waals surface area (Å²) in [6.07, 6.45) is -0.627. The van der Waals surface area contributed by atoms with Gasteiger partial charge in [0, 0.05) is 17.6 Å². The Morgan fingerprint density at radius 1 is 1.47 bits per heavy atom. The lowest BCUT2D eigenvalue weighted by atomic mass is 10.1. The maximum atomic E-state index is 12.6. The van der Waals surface area contributed by atoms with Crippen LogP contribution in [0.25, 0.3) is 0 Å². The second-order valence-electron chi connectivity index (χ2n) is 3.22. The molecule has 0 aliphatic heterocycles. The van der Waals surface area contributed by atoms with Crippen LogP contribution in [-0.4, -0.2) is 18.2 Å². The van der Waals surface area contributed by atoms with Crippen molar-refractivity contribution in [1.29, 1.82) is 0 Å². The van der Waals surface area contributed by atoms with Gasteiger partial charge in [-0.3, -0.25) is 0 Å². The van der Waals surface area contributed by atoms with Gasteiger partial charge in [0.05, 0.1) is 6.10 Å². The van der Waals surface area contributed by atoms with E-state index in [1.807, 2.05) is 0 Å². The van der Waals surface area contributed by atoms with E-state index in [9.17, 15) is 9.50 Å². The predicted molar refractivity (Wildman–Crippen MR) is 62.3 cm³/mol. The zero-order valence-corrected chi connectivity index (χ0v) is 9.80. The third kappa shape index (κ3) is 4.55. The van der Waals surface area contributed by atoms with Crippen LogP contribution in [0.2, 0.25) is 0 Å². The summed E-state index contributed by atoms with van der Waals surface area (Å²) in [5.74, 6) is -0.298. The quantitative estimate of drug-likeness (QED) is 0.864. The maximum absolute atomic E-state index is 12.6. The predicted octanol–water partition coefficient (Wildman–Crippen LogP) is 2.36. The number of hydrogen-bond donors (Lipinski definition) is 2. The highest BCUT2D eigenvalue weighted by atomic mass is 79.9. The van der Waals surface area contributed by atoms with Crippen LogP contribution < -0.4 is 5.32 Å². The lowest BCUT2D eigenvalue weighted by molar-refractivity contribution is 0.176. The first-order valence-corrected chi connectivity index (χ1v) is 5.36. The van der Waals surface area contributed by atoms with E-state index >= 15 is 0 Å².